The van der Waals surface area contributed by atoms with Gasteiger partial charge in [0.15, 0.2) is 0 Å². The minimum Gasteiger partial charge on any atom is -0.478 e. The van der Waals surface area contributed by atoms with Crippen molar-refractivity contribution in [3.63, 3.8) is 0 Å². The van der Waals surface area contributed by atoms with Gasteiger partial charge in [0.2, 0.25) is 0 Å². The first-order chi connectivity index (χ1) is 9.10. The van der Waals surface area contributed by atoms with Crippen molar-refractivity contribution in [1.82, 2.24) is 9.97 Å². The zero-order valence-electron chi connectivity index (χ0n) is 9.52. The molecule has 0 aliphatic rings. The molecule has 0 amide bonds. The Hall–Kier alpha value is -1.02. The minimum absolute atomic E-state index is 0.0362. The number of carboxylic acids is 1. The van der Waals surface area contributed by atoms with Crippen LogP contribution in [0.3, 0.4) is 0 Å². The summed E-state index contributed by atoms with van der Waals surface area (Å²) >= 11 is 4.40. The van der Waals surface area contributed by atoms with Gasteiger partial charge in [-0.3, -0.25) is 0 Å². The van der Waals surface area contributed by atoms with Crippen LogP contribution in [0.2, 0.25) is 0 Å². The molecule has 0 aliphatic carbocycles. The Kier molecular flexibility index (Phi) is 4.51. The van der Waals surface area contributed by atoms with Gasteiger partial charge < -0.3 is 5.11 Å². The number of rotatable bonds is 3. The Morgan fingerprint density at radius 3 is 2.16 bits per heavy atom. The summed E-state index contributed by atoms with van der Waals surface area (Å²) in [6, 6.07) is 4.78. The van der Waals surface area contributed by atoms with E-state index in [-0.39, 0.29) is 11.1 Å². The Morgan fingerprint density at radius 1 is 1.21 bits per heavy atom. The van der Waals surface area contributed by atoms with E-state index in [1.165, 1.54) is 12.1 Å². The van der Waals surface area contributed by atoms with E-state index in [1.54, 1.807) is 0 Å². The topological polar surface area (TPSA) is 86.9 Å². The Balaban J connectivity index is 2.79. The van der Waals surface area contributed by atoms with Gasteiger partial charge in [-0.1, -0.05) is 45.2 Å². The summed E-state index contributed by atoms with van der Waals surface area (Å²) < 4.78 is 1.43. The van der Waals surface area contributed by atoms with Gasteiger partial charge in [0, 0.05) is 8.86 Å². The molecule has 0 saturated heterocycles. The van der Waals surface area contributed by atoms with Crippen LogP contribution in [-0.4, -0.2) is 21.0 Å². The minimum atomic E-state index is -1.13. The third kappa shape index (κ3) is 2.79. The highest BCUT2D eigenvalue weighted by molar-refractivity contribution is 14.1. The lowest BCUT2D eigenvalue weighted by atomic mass is 10.1. The number of aromatic nitrogens is 2. The Labute approximate surface area is 136 Å². The second-order valence-electron chi connectivity index (χ2n) is 3.69. The standard InChI is InChI=1S/C12H7I2N3O2/c13-3-10-11(4-14)17-9-2-7(12(18)19)6(5-15)1-8(9)16-10/h1-2H,3-4H2,(H,18,19). The highest BCUT2D eigenvalue weighted by Gasteiger charge is 2.14. The SMILES string of the molecule is N#Cc1cc2nc(CI)c(CI)nc2cc1C(=O)O. The third-order valence-corrected chi connectivity index (χ3v) is 4.01. The molecule has 1 N–H and O–H groups in total. The van der Waals surface area contributed by atoms with E-state index in [0.717, 1.165) is 15.8 Å². The molecular formula is C12H7I2N3O2. The normalized spacial score (nSPS) is 10.4. The van der Waals surface area contributed by atoms with Crippen LogP contribution in [0.5, 0.6) is 0 Å². The predicted octanol–water partition coefficient (Wildman–Crippen LogP) is 3.07. The number of nitrogens with zero attached hydrogens (tertiary/aromatic N) is 3. The number of hydrogen-bond donors (Lipinski definition) is 1. The zero-order chi connectivity index (χ0) is 14.0. The zero-order valence-corrected chi connectivity index (χ0v) is 13.8. The lowest BCUT2D eigenvalue weighted by Gasteiger charge is -2.07. The van der Waals surface area contributed by atoms with Crippen molar-refractivity contribution in [1.29, 1.82) is 5.26 Å². The van der Waals surface area contributed by atoms with Gasteiger partial charge in [-0.05, 0) is 12.1 Å². The highest BCUT2D eigenvalue weighted by atomic mass is 127. The van der Waals surface area contributed by atoms with Crippen LogP contribution in [-0.2, 0) is 8.86 Å². The number of nitriles is 1. The Morgan fingerprint density at radius 2 is 1.74 bits per heavy atom. The number of carboxylic acid groups (broad SMARTS) is 1. The molecule has 1 aromatic carbocycles. The summed E-state index contributed by atoms with van der Waals surface area (Å²) in [4.78, 5) is 20.0. The van der Waals surface area contributed by atoms with Gasteiger partial charge in [-0.25, -0.2) is 14.8 Å². The van der Waals surface area contributed by atoms with Crippen molar-refractivity contribution in [3.8, 4) is 6.07 Å². The van der Waals surface area contributed by atoms with E-state index in [0.29, 0.717) is 15.5 Å². The number of fused-ring (bicyclic) bond motifs is 1. The van der Waals surface area contributed by atoms with Crippen molar-refractivity contribution in [2.24, 2.45) is 0 Å². The summed E-state index contributed by atoms with van der Waals surface area (Å²) in [5, 5.41) is 18.1. The molecule has 1 heterocycles. The van der Waals surface area contributed by atoms with Crippen LogP contribution in [0.15, 0.2) is 12.1 Å². The molecule has 5 nitrogen and oxygen atoms in total. The molecule has 0 fully saturated rings. The van der Waals surface area contributed by atoms with Gasteiger partial charge in [-0.15, -0.1) is 0 Å². The van der Waals surface area contributed by atoms with Crippen LogP contribution in [0, 0.1) is 11.3 Å². The molecule has 0 spiro atoms. The van der Waals surface area contributed by atoms with E-state index in [4.69, 9.17) is 10.4 Å². The van der Waals surface area contributed by atoms with Gasteiger partial charge in [0.25, 0.3) is 0 Å². The number of halogens is 2. The second kappa shape index (κ2) is 5.96. The average Bonchev–Trinajstić information content (AvgIpc) is 2.43. The molecule has 2 rings (SSSR count). The van der Waals surface area contributed by atoms with Gasteiger partial charge in [-0.2, -0.15) is 5.26 Å². The first-order valence-corrected chi connectivity index (χ1v) is 8.24. The third-order valence-electron chi connectivity index (χ3n) is 2.56. The number of benzene rings is 1. The van der Waals surface area contributed by atoms with Gasteiger partial charge in [0.05, 0.1) is 33.5 Å². The van der Waals surface area contributed by atoms with Crippen molar-refractivity contribution in [2.75, 3.05) is 0 Å². The summed E-state index contributed by atoms with van der Waals surface area (Å²) in [5.74, 6) is -1.13. The molecule has 0 bridgehead atoms. The van der Waals surface area contributed by atoms with E-state index >= 15 is 0 Å². The smallest absolute Gasteiger partial charge is 0.337 e. The maximum atomic E-state index is 11.1. The fraction of sp³-hybridized carbons (Fsp3) is 0.167. The molecule has 7 heteroatoms. The molecule has 0 radical (unpaired) electrons. The summed E-state index contributed by atoms with van der Waals surface area (Å²) in [5.41, 5.74) is 2.86. The molecule has 1 aromatic heterocycles. The lowest BCUT2D eigenvalue weighted by Crippen LogP contribution is -2.04. The largest absolute Gasteiger partial charge is 0.478 e. The number of hydrogen-bond acceptors (Lipinski definition) is 4. The van der Waals surface area contributed by atoms with Gasteiger partial charge in [0.1, 0.15) is 6.07 Å². The maximum absolute atomic E-state index is 11.1. The average molecular weight is 479 g/mol. The van der Waals surface area contributed by atoms with Crippen molar-refractivity contribution >= 4 is 62.2 Å². The molecule has 96 valence electrons. The predicted molar refractivity (Wildman–Crippen MR) is 86.7 cm³/mol. The summed E-state index contributed by atoms with van der Waals surface area (Å²) in [7, 11) is 0. The van der Waals surface area contributed by atoms with Crippen LogP contribution in [0.25, 0.3) is 11.0 Å². The van der Waals surface area contributed by atoms with E-state index in [2.05, 4.69) is 55.1 Å². The van der Waals surface area contributed by atoms with E-state index < -0.39 is 5.97 Å². The van der Waals surface area contributed by atoms with Gasteiger partial charge >= 0.3 is 5.97 Å². The van der Waals surface area contributed by atoms with E-state index in [9.17, 15) is 4.79 Å². The fourth-order valence-electron chi connectivity index (χ4n) is 1.66. The quantitative estimate of drug-likeness (QED) is 0.541. The monoisotopic (exact) mass is 479 g/mol. The van der Waals surface area contributed by atoms with Crippen LogP contribution in [0.1, 0.15) is 27.3 Å². The second-order valence-corrected chi connectivity index (χ2v) is 5.21. The molecule has 0 saturated carbocycles. The van der Waals surface area contributed by atoms with Crippen LogP contribution < -0.4 is 0 Å². The molecular weight excluding hydrogens is 472 g/mol. The van der Waals surface area contributed by atoms with E-state index in [1.807, 2.05) is 6.07 Å². The first kappa shape index (κ1) is 14.4. The molecule has 2 aromatic rings. The van der Waals surface area contributed by atoms with Crippen LogP contribution >= 0.6 is 45.2 Å². The van der Waals surface area contributed by atoms with Crippen molar-refractivity contribution in [2.45, 2.75) is 8.86 Å². The highest BCUT2D eigenvalue weighted by Crippen LogP contribution is 2.21. The fourth-order valence-corrected chi connectivity index (χ4v) is 2.88. The maximum Gasteiger partial charge on any atom is 0.337 e. The molecule has 19 heavy (non-hydrogen) atoms. The summed E-state index contributed by atoms with van der Waals surface area (Å²) in [6.45, 7) is 0. The molecule has 0 atom stereocenters. The number of carbonyl (C=O) groups is 1. The summed E-state index contributed by atoms with van der Waals surface area (Å²) in [6.07, 6.45) is 0. The van der Waals surface area contributed by atoms with Crippen LogP contribution in [0.4, 0.5) is 0 Å². The Bertz CT molecular complexity index is 710. The lowest BCUT2D eigenvalue weighted by molar-refractivity contribution is 0.0696. The first-order valence-electron chi connectivity index (χ1n) is 5.19. The van der Waals surface area contributed by atoms with Crippen molar-refractivity contribution < 1.29 is 9.90 Å². The van der Waals surface area contributed by atoms with Crippen molar-refractivity contribution in [3.05, 3.63) is 34.6 Å². The number of alkyl halides is 2. The number of aromatic carboxylic acids is 1. The molecule has 0 unspecified atom stereocenters. The molecule has 0 aliphatic heterocycles.